The number of hydrogen-bond acceptors (Lipinski definition) is 1. The maximum Gasteiger partial charge on any atom is 0.0448 e. The molecular weight excluding hydrogens is 172 g/mol. The molecule has 0 amide bonds. The fraction of sp³-hybridized carbons (Fsp3) is 0.500. The van der Waals surface area contributed by atoms with E-state index in [0.29, 0.717) is 0 Å². The molecule has 14 heavy (non-hydrogen) atoms. The molecule has 0 aliphatic carbocycles. The van der Waals surface area contributed by atoms with Gasteiger partial charge in [0, 0.05) is 30.0 Å². The minimum atomic E-state index is 1.09. The summed E-state index contributed by atoms with van der Waals surface area (Å²) in [6, 6.07) is 2.00. The monoisotopic (exact) mass is 196 g/mol. The maximum absolute atomic E-state index is 5.38. The highest BCUT2D eigenvalue weighted by atomic mass is 14.9. The fourth-order valence-electron chi connectivity index (χ4n) is 1.07. The van der Waals surface area contributed by atoms with Crippen molar-refractivity contribution in [3.8, 4) is 0 Å². The highest BCUT2D eigenvalue weighted by molar-refractivity contribution is 5.25. The summed E-state index contributed by atoms with van der Waals surface area (Å²) in [4.78, 5) is 0. The van der Waals surface area contributed by atoms with E-state index >= 15 is 0 Å². The van der Waals surface area contributed by atoms with Gasteiger partial charge < -0.3 is 10.3 Å². The molecule has 2 N–H and O–H groups in total. The molecule has 1 rings (SSSR count). The van der Waals surface area contributed by atoms with Crippen LogP contribution < -0.4 is 16.3 Å². The van der Waals surface area contributed by atoms with Crippen LogP contribution >= 0.6 is 0 Å². The lowest BCUT2D eigenvalue weighted by Gasteiger charge is -1.87. The first-order chi connectivity index (χ1) is 6.79. The fourth-order valence-corrected chi connectivity index (χ4v) is 1.07. The summed E-state index contributed by atoms with van der Waals surface area (Å²) in [6.07, 6.45) is 5.65. The maximum atomic E-state index is 5.38. The number of aryl methyl sites for hydroxylation is 1. The SMILES string of the molecule is C/C=c1\c(=C/N)ccn1C.CC.CC. The average Bonchev–Trinajstić information content (AvgIpc) is 2.64. The van der Waals surface area contributed by atoms with Crippen LogP contribution in [0.5, 0.6) is 0 Å². The van der Waals surface area contributed by atoms with E-state index in [1.165, 1.54) is 5.35 Å². The molecule has 0 aliphatic heterocycles. The highest BCUT2D eigenvalue weighted by Crippen LogP contribution is 1.68. The van der Waals surface area contributed by atoms with Gasteiger partial charge in [-0.3, -0.25) is 0 Å². The zero-order valence-electron chi connectivity index (χ0n) is 10.3. The molecular formula is C12H24N2. The number of hydrogen-bond donors (Lipinski definition) is 1. The van der Waals surface area contributed by atoms with Crippen LogP contribution in [0.15, 0.2) is 12.3 Å². The third-order valence-corrected chi connectivity index (χ3v) is 1.61. The Bertz CT molecular complexity index is 321. The van der Waals surface area contributed by atoms with Crippen LogP contribution in [0.2, 0.25) is 0 Å². The van der Waals surface area contributed by atoms with E-state index in [1.54, 1.807) is 6.20 Å². The molecule has 2 nitrogen and oxygen atoms in total. The standard InChI is InChI=1S/C8H12N2.2C2H6/c1-3-8-7(6-9)4-5-10(8)2;2*1-2/h3-6H,9H2,1-2H3;2*1-2H3/b7-6-,8-3+;;. The number of nitrogens with two attached hydrogens (primary N) is 1. The zero-order valence-corrected chi connectivity index (χ0v) is 10.3. The normalized spacial score (nSPS) is 11.3. The van der Waals surface area contributed by atoms with Crippen molar-refractivity contribution in [3.05, 3.63) is 22.8 Å². The van der Waals surface area contributed by atoms with Crippen LogP contribution in [-0.2, 0) is 7.05 Å². The Labute approximate surface area is 87.7 Å². The summed E-state index contributed by atoms with van der Waals surface area (Å²) in [5, 5.41) is 2.26. The molecule has 0 saturated heterocycles. The summed E-state index contributed by atoms with van der Waals surface area (Å²) in [5.74, 6) is 0. The van der Waals surface area contributed by atoms with Crippen LogP contribution in [0.3, 0.4) is 0 Å². The van der Waals surface area contributed by atoms with Crippen LogP contribution in [-0.4, -0.2) is 4.57 Å². The molecule has 2 heteroatoms. The molecule has 1 aromatic heterocycles. The van der Waals surface area contributed by atoms with Gasteiger partial charge in [0.2, 0.25) is 0 Å². The van der Waals surface area contributed by atoms with Gasteiger partial charge >= 0.3 is 0 Å². The molecule has 0 aliphatic rings. The van der Waals surface area contributed by atoms with Crippen molar-refractivity contribution < 1.29 is 0 Å². The van der Waals surface area contributed by atoms with Crippen LogP contribution in [0.4, 0.5) is 0 Å². The van der Waals surface area contributed by atoms with Gasteiger partial charge in [0.15, 0.2) is 0 Å². The minimum Gasteiger partial charge on any atom is -0.404 e. The first-order valence-corrected chi connectivity index (χ1v) is 5.29. The zero-order chi connectivity index (χ0) is 11.6. The molecule has 1 aromatic rings. The molecule has 0 spiro atoms. The Kier molecular flexibility index (Phi) is 10.8. The van der Waals surface area contributed by atoms with Gasteiger partial charge in [0.1, 0.15) is 0 Å². The Morgan fingerprint density at radius 1 is 1.21 bits per heavy atom. The lowest BCUT2D eigenvalue weighted by atomic mass is 10.4. The van der Waals surface area contributed by atoms with Gasteiger partial charge in [-0.25, -0.2) is 0 Å². The Hall–Kier alpha value is -1.18. The van der Waals surface area contributed by atoms with Crippen LogP contribution in [0, 0.1) is 0 Å². The highest BCUT2D eigenvalue weighted by Gasteiger charge is 1.85. The van der Waals surface area contributed by atoms with Crippen molar-refractivity contribution in [2.24, 2.45) is 12.8 Å². The second kappa shape index (κ2) is 9.90. The van der Waals surface area contributed by atoms with E-state index in [0.717, 1.165) is 5.22 Å². The molecule has 0 atom stereocenters. The van der Waals surface area contributed by atoms with Crippen molar-refractivity contribution in [2.45, 2.75) is 34.6 Å². The van der Waals surface area contributed by atoms with E-state index < -0.39 is 0 Å². The Morgan fingerprint density at radius 3 is 2.00 bits per heavy atom. The molecule has 0 bridgehead atoms. The van der Waals surface area contributed by atoms with Gasteiger partial charge in [-0.1, -0.05) is 33.8 Å². The van der Waals surface area contributed by atoms with Crippen molar-refractivity contribution in [1.82, 2.24) is 4.57 Å². The summed E-state index contributed by atoms with van der Waals surface area (Å²) < 4.78 is 2.04. The van der Waals surface area contributed by atoms with Crippen LogP contribution in [0.25, 0.3) is 12.3 Å². The lowest BCUT2D eigenvalue weighted by Crippen LogP contribution is -2.27. The largest absolute Gasteiger partial charge is 0.404 e. The van der Waals surface area contributed by atoms with Gasteiger partial charge in [0.25, 0.3) is 0 Å². The van der Waals surface area contributed by atoms with Crippen molar-refractivity contribution in [2.75, 3.05) is 0 Å². The van der Waals surface area contributed by atoms with Gasteiger partial charge in [-0.15, -0.1) is 0 Å². The van der Waals surface area contributed by atoms with Gasteiger partial charge in [0.05, 0.1) is 0 Å². The molecule has 0 saturated carbocycles. The first-order valence-electron chi connectivity index (χ1n) is 5.29. The van der Waals surface area contributed by atoms with Gasteiger partial charge in [-0.05, 0) is 13.0 Å². The smallest absolute Gasteiger partial charge is 0.0448 e. The Balaban J connectivity index is 0. The van der Waals surface area contributed by atoms with Gasteiger partial charge in [-0.2, -0.15) is 0 Å². The predicted molar refractivity (Wildman–Crippen MR) is 66.2 cm³/mol. The number of rotatable bonds is 0. The molecule has 0 fully saturated rings. The van der Waals surface area contributed by atoms with Crippen LogP contribution in [0.1, 0.15) is 34.6 Å². The van der Waals surface area contributed by atoms with Crippen molar-refractivity contribution in [3.63, 3.8) is 0 Å². The molecule has 82 valence electrons. The average molecular weight is 196 g/mol. The Morgan fingerprint density at radius 2 is 1.71 bits per heavy atom. The second-order valence-electron chi connectivity index (χ2n) is 2.22. The van der Waals surface area contributed by atoms with Crippen molar-refractivity contribution in [1.29, 1.82) is 0 Å². The van der Waals surface area contributed by atoms with E-state index in [4.69, 9.17) is 5.73 Å². The topological polar surface area (TPSA) is 30.9 Å². The molecule has 0 unspecified atom stereocenters. The summed E-state index contributed by atoms with van der Waals surface area (Å²) in [7, 11) is 2.00. The lowest BCUT2D eigenvalue weighted by molar-refractivity contribution is 0.887. The van der Waals surface area contributed by atoms with E-state index in [9.17, 15) is 0 Å². The summed E-state index contributed by atoms with van der Waals surface area (Å²) >= 11 is 0. The predicted octanol–water partition coefficient (Wildman–Crippen LogP) is 1.57. The second-order valence-corrected chi connectivity index (χ2v) is 2.22. The minimum absolute atomic E-state index is 1.09. The van der Waals surface area contributed by atoms with E-state index in [2.05, 4.69) is 0 Å². The molecule has 0 aromatic carbocycles. The van der Waals surface area contributed by atoms with E-state index in [1.807, 2.05) is 64.6 Å². The summed E-state index contributed by atoms with van der Waals surface area (Å²) in [5.41, 5.74) is 5.38. The molecule has 0 radical (unpaired) electrons. The third kappa shape index (κ3) is 4.17. The quantitative estimate of drug-likeness (QED) is 0.671. The summed E-state index contributed by atoms with van der Waals surface area (Å²) in [6.45, 7) is 10.0. The number of aromatic nitrogens is 1. The molecule has 1 heterocycles. The number of nitrogens with zero attached hydrogens (tertiary/aromatic N) is 1. The van der Waals surface area contributed by atoms with E-state index in [-0.39, 0.29) is 0 Å². The van der Waals surface area contributed by atoms with Crippen molar-refractivity contribution >= 4 is 12.3 Å². The third-order valence-electron chi connectivity index (χ3n) is 1.61. The first kappa shape index (κ1) is 15.3.